The highest BCUT2D eigenvalue weighted by molar-refractivity contribution is 6.00. The molecule has 0 bridgehead atoms. The number of allylic oxidation sites excluding steroid dienone is 1. The third kappa shape index (κ3) is 2.76. The highest BCUT2D eigenvalue weighted by Gasteiger charge is 2.50. The summed E-state index contributed by atoms with van der Waals surface area (Å²) in [6, 6.07) is 0. The van der Waals surface area contributed by atoms with E-state index in [4.69, 9.17) is 9.47 Å². The normalized spacial score (nSPS) is 18.4. The number of carbonyl (C=O) groups is 3. The number of ether oxygens (including phenoxy) is 3. The summed E-state index contributed by atoms with van der Waals surface area (Å²) < 4.78 is 14.0. The van der Waals surface area contributed by atoms with Gasteiger partial charge in [-0.3, -0.25) is 14.5 Å². The van der Waals surface area contributed by atoms with Crippen LogP contribution < -0.4 is 0 Å². The molecule has 1 aliphatic heterocycles. The molecule has 0 spiro atoms. The Morgan fingerprint density at radius 1 is 1.10 bits per heavy atom. The standard InChI is InChI=1S/C13H19NO6/c1-13(10(15)18-2,11(16)19-3)9-5-7-14(8-6-9)12(17)20-4/h5,7,9H,6,8H2,1-4H3. The zero-order valence-corrected chi connectivity index (χ0v) is 12.0. The van der Waals surface area contributed by atoms with Crippen LogP contribution in [0, 0.1) is 11.3 Å². The molecular formula is C13H19NO6. The van der Waals surface area contributed by atoms with E-state index in [2.05, 4.69) is 4.74 Å². The maximum Gasteiger partial charge on any atom is 0.413 e. The van der Waals surface area contributed by atoms with Gasteiger partial charge in [-0.15, -0.1) is 0 Å². The number of hydrogen-bond acceptors (Lipinski definition) is 6. The fraction of sp³-hybridized carbons (Fsp3) is 0.615. The molecule has 0 N–H and O–H groups in total. The third-order valence-electron chi connectivity index (χ3n) is 3.55. The Balaban J connectivity index is 2.99. The van der Waals surface area contributed by atoms with Gasteiger partial charge in [-0.2, -0.15) is 0 Å². The van der Waals surface area contributed by atoms with E-state index in [0.29, 0.717) is 13.0 Å². The smallest absolute Gasteiger partial charge is 0.413 e. The zero-order valence-electron chi connectivity index (χ0n) is 12.0. The van der Waals surface area contributed by atoms with Gasteiger partial charge in [-0.25, -0.2) is 4.79 Å². The molecule has 0 saturated carbocycles. The number of rotatable bonds is 3. The first kappa shape index (κ1) is 16.0. The van der Waals surface area contributed by atoms with Gasteiger partial charge in [0.25, 0.3) is 0 Å². The van der Waals surface area contributed by atoms with Crippen LogP contribution in [0.4, 0.5) is 4.79 Å². The number of methoxy groups -OCH3 is 3. The fourth-order valence-electron chi connectivity index (χ4n) is 2.22. The molecule has 1 atom stereocenters. The first-order valence-electron chi connectivity index (χ1n) is 6.11. The van der Waals surface area contributed by atoms with Crippen LogP contribution in [0.1, 0.15) is 13.3 Å². The van der Waals surface area contributed by atoms with E-state index in [1.165, 1.54) is 39.4 Å². The lowest BCUT2D eigenvalue weighted by atomic mass is 9.74. The minimum Gasteiger partial charge on any atom is -0.468 e. The van der Waals surface area contributed by atoms with Crippen molar-refractivity contribution in [2.75, 3.05) is 27.9 Å². The van der Waals surface area contributed by atoms with Crippen molar-refractivity contribution in [3.05, 3.63) is 12.3 Å². The Morgan fingerprint density at radius 2 is 1.65 bits per heavy atom. The second-order valence-electron chi connectivity index (χ2n) is 4.59. The van der Waals surface area contributed by atoms with Crippen molar-refractivity contribution >= 4 is 18.0 Å². The molecule has 0 aromatic heterocycles. The lowest BCUT2D eigenvalue weighted by Crippen LogP contribution is -2.46. The molecule has 20 heavy (non-hydrogen) atoms. The number of carbonyl (C=O) groups excluding carboxylic acids is 3. The number of amides is 1. The summed E-state index contributed by atoms with van der Waals surface area (Å²) in [6.45, 7) is 1.82. The molecule has 1 rings (SSSR count). The van der Waals surface area contributed by atoms with E-state index in [0.717, 1.165) is 0 Å². The fourth-order valence-corrected chi connectivity index (χ4v) is 2.22. The molecule has 1 aliphatic rings. The molecule has 7 heteroatoms. The Labute approximate surface area is 117 Å². The lowest BCUT2D eigenvalue weighted by molar-refractivity contribution is -0.171. The van der Waals surface area contributed by atoms with E-state index in [1.807, 2.05) is 0 Å². The molecule has 1 amide bonds. The average molecular weight is 285 g/mol. The second-order valence-corrected chi connectivity index (χ2v) is 4.59. The van der Waals surface area contributed by atoms with Gasteiger partial charge in [0.2, 0.25) is 0 Å². The molecule has 1 unspecified atom stereocenters. The molecule has 7 nitrogen and oxygen atoms in total. The quantitative estimate of drug-likeness (QED) is 0.436. The van der Waals surface area contributed by atoms with Crippen LogP contribution in [0.2, 0.25) is 0 Å². The van der Waals surface area contributed by atoms with E-state index in [-0.39, 0.29) is 0 Å². The topological polar surface area (TPSA) is 82.1 Å². The molecule has 0 radical (unpaired) electrons. The van der Waals surface area contributed by atoms with Crippen LogP contribution in [0.5, 0.6) is 0 Å². The molecule has 0 aliphatic carbocycles. The van der Waals surface area contributed by atoms with Crippen molar-refractivity contribution in [3.63, 3.8) is 0 Å². The summed E-state index contributed by atoms with van der Waals surface area (Å²) in [7, 11) is 3.73. The van der Waals surface area contributed by atoms with E-state index in [1.54, 1.807) is 6.08 Å². The predicted molar refractivity (Wildman–Crippen MR) is 68.5 cm³/mol. The van der Waals surface area contributed by atoms with Crippen molar-refractivity contribution in [2.45, 2.75) is 13.3 Å². The minimum absolute atomic E-state index is 0.345. The van der Waals surface area contributed by atoms with Crippen molar-refractivity contribution in [3.8, 4) is 0 Å². The van der Waals surface area contributed by atoms with Crippen LogP contribution in [0.3, 0.4) is 0 Å². The SMILES string of the molecule is COC(=O)N1C=CC(C(C)(C(=O)OC)C(=O)OC)CC1. The maximum absolute atomic E-state index is 11.9. The van der Waals surface area contributed by atoms with Crippen molar-refractivity contribution in [2.24, 2.45) is 11.3 Å². The van der Waals surface area contributed by atoms with Gasteiger partial charge in [-0.1, -0.05) is 6.08 Å². The molecule has 0 saturated heterocycles. The van der Waals surface area contributed by atoms with E-state index >= 15 is 0 Å². The Hall–Kier alpha value is -2.05. The largest absolute Gasteiger partial charge is 0.468 e. The molecule has 1 heterocycles. The summed E-state index contributed by atoms with van der Waals surface area (Å²) in [5, 5.41) is 0. The van der Waals surface area contributed by atoms with Gasteiger partial charge in [-0.05, 0) is 13.3 Å². The zero-order chi connectivity index (χ0) is 15.3. The molecule has 0 aromatic rings. The molecule has 0 fully saturated rings. The Kier molecular flexibility index (Phi) is 5.12. The van der Waals surface area contributed by atoms with Crippen LogP contribution >= 0.6 is 0 Å². The summed E-state index contributed by atoms with van der Waals surface area (Å²) in [4.78, 5) is 36.6. The summed E-state index contributed by atoms with van der Waals surface area (Å²) >= 11 is 0. The second kappa shape index (κ2) is 6.40. The van der Waals surface area contributed by atoms with E-state index in [9.17, 15) is 14.4 Å². The average Bonchev–Trinajstić information content (AvgIpc) is 2.51. The van der Waals surface area contributed by atoms with Gasteiger partial charge in [0.05, 0.1) is 21.3 Å². The first-order valence-corrected chi connectivity index (χ1v) is 6.11. The predicted octanol–water partition coefficient (Wildman–Crippen LogP) is 0.941. The van der Waals surface area contributed by atoms with Gasteiger partial charge in [0, 0.05) is 18.7 Å². The summed E-state index contributed by atoms with van der Waals surface area (Å²) in [5.41, 5.74) is -1.43. The number of esters is 2. The van der Waals surface area contributed by atoms with E-state index < -0.39 is 29.4 Å². The van der Waals surface area contributed by atoms with Crippen LogP contribution in [-0.4, -0.2) is 50.8 Å². The highest BCUT2D eigenvalue weighted by atomic mass is 16.5. The monoisotopic (exact) mass is 285 g/mol. The number of nitrogens with zero attached hydrogens (tertiary/aromatic N) is 1. The lowest BCUT2D eigenvalue weighted by Gasteiger charge is -2.34. The first-order chi connectivity index (χ1) is 9.41. The van der Waals surface area contributed by atoms with Gasteiger partial charge in [0.15, 0.2) is 5.41 Å². The Morgan fingerprint density at radius 3 is 2.00 bits per heavy atom. The number of hydrogen-bond donors (Lipinski definition) is 0. The molecule has 112 valence electrons. The highest BCUT2D eigenvalue weighted by Crippen LogP contribution is 2.36. The van der Waals surface area contributed by atoms with Crippen LogP contribution in [0.25, 0.3) is 0 Å². The van der Waals surface area contributed by atoms with Gasteiger partial charge in [0.1, 0.15) is 0 Å². The van der Waals surface area contributed by atoms with Crippen molar-refractivity contribution in [1.82, 2.24) is 4.90 Å². The van der Waals surface area contributed by atoms with Crippen LogP contribution in [-0.2, 0) is 23.8 Å². The van der Waals surface area contributed by atoms with Gasteiger partial charge >= 0.3 is 18.0 Å². The van der Waals surface area contributed by atoms with Crippen molar-refractivity contribution < 1.29 is 28.6 Å². The minimum atomic E-state index is -1.43. The molecular weight excluding hydrogens is 266 g/mol. The maximum atomic E-state index is 11.9. The molecule has 0 aromatic carbocycles. The van der Waals surface area contributed by atoms with Gasteiger partial charge < -0.3 is 14.2 Å². The third-order valence-corrected chi connectivity index (χ3v) is 3.55. The summed E-state index contributed by atoms with van der Waals surface area (Å²) in [5.74, 6) is -1.74. The summed E-state index contributed by atoms with van der Waals surface area (Å²) in [6.07, 6.45) is 3.06. The van der Waals surface area contributed by atoms with Crippen molar-refractivity contribution in [1.29, 1.82) is 0 Å². The van der Waals surface area contributed by atoms with Crippen LogP contribution in [0.15, 0.2) is 12.3 Å². The Bertz CT molecular complexity index is 415.